The molecule has 29 N–H and O–H groups in total. The van der Waals surface area contributed by atoms with Crippen LogP contribution in [0.2, 0.25) is 0 Å². The maximum Gasteiger partial charge on any atom is 0.315 e. The van der Waals surface area contributed by atoms with Gasteiger partial charge in [0.2, 0.25) is 5.91 Å². The van der Waals surface area contributed by atoms with E-state index in [0.717, 1.165) is 65.0 Å². The number of nitrogens with two attached hydrogens (primary N) is 1. The van der Waals surface area contributed by atoms with Gasteiger partial charge in [-0.3, -0.25) is 4.79 Å². The summed E-state index contributed by atoms with van der Waals surface area (Å²) >= 11 is 0. The minimum absolute atomic E-state index is 0.0218. The molecule has 0 radical (unpaired) electrons. The molecule has 0 unspecified atom stereocenters. The molecule has 99 heavy (non-hydrogen) atoms. The Kier molecular flexibility index (Phi) is 38.0. The van der Waals surface area contributed by atoms with Crippen LogP contribution in [0.5, 0.6) is 0 Å². The van der Waals surface area contributed by atoms with Crippen molar-refractivity contribution >= 4 is 76.0 Å². The lowest BCUT2D eigenvalue weighted by Gasteiger charge is -2.26. The molecule has 2 aromatic carbocycles. The van der Waals surface area contributed by atoms with Crippen molar-refractivity contribution in [1.82, 2.24) is 95.0 Å². The fraction of sp³-hybridized carbons (Fsp3) is 0.632. The second-order valence-electron chi connectivity index (χ2n) is 27.0. The van der Waals surface area contributed by atoms with Crippen LogP contribution in [0.4, 0.5) is 38.4 Å². The topological polar surface area (TPSA) is 487 Å². The number of benzene rings is 2. The Balaban J connectivity index is 1.37. The smallest absolute Gasteiger partial charge is 0.315 e. The quantitative estimate of drug-likeness (QED) is 0.0286. The summed E-state index contributed by atoms with van der Waals surface area (Å²) in [5, 5.41) is 48.6. The highest BCUT2D eigenvalue weighted by molar-refractivity contribution is 5.87. The van der Waals surface area contributed by atoms with Gasteiger partial charge in [0.05, 0.1) is 43.8 Å². The summed E-state index contributed by atoms with van der Waals surface area (Å²) in [7, 11) is 0. The fourth-order valence-corrected chi connectivity index (χ4v) is 11.1. The zero-order valence-electron chi connectivity index (χ0n) is 59.8. The number of H-pyrrole nitrogens is 2. The molecule has 0 bridgehead atoms. The summed E-state index contributed by atoms with van der Waals surface area (Å²) in [5.41, 5.74) is 21.1. The monoisotopic (exact) mass is 1390 g/mol. The standard InChI is InChI=1S/C68H118N22O9/c1-42(2)26-27-57(60(72)91)88-66(97)77-37-50(21-15-18-30-71)83-61(92)78-38-51(31-46-33-73-55-24-11-9-22-53(46)55)86-62(93)75-35-48(19-13-16-28-69)84-64(95)80-40-58(43(3)4)89-67(98)79-39-52(32-47-34-74-56-25-12-10-23-54(47)56)87-63(94)76-36-49(20-14-17-29-70)85-65(96)81-41-59(44(5)6)90-68(99)82-45(7)8/h9-12,22-25,33-34,42-45,48-52,57-59,73-74H,13-21,26-32,35-41,69-71H2,1-8H3,(H2,72,91)(H2,75,86,93)(H2,76,87,94)(H2,77,88,97)(H2,78,83,92)(H2,79,89,98)(H2,80,84,95)(H2,81,85,96)(H2,82,90,99)/p+3/t48-,49-,50-,51-,52-,57-,58+,59+/m0/s1. The first-order valence-corrected chi connectivity index (χ1v) is 35.5. The van der Waals surface area contributed by atoms with Crippen molar-refractivity contribution in [2.24, 2.45) is 23.5 Å². The van der Waals surface area contributed by atoms with E-state index in [2.05, 4.69) is 112 Å². The number of hydrogen-bond acceptors (Lipinski definition) is 9. The van der Waals surface area contributed by atoms with Gasteiger partial charge in [0.25, 0.3) is 0 Å². The number of quaternary nitrogens is 3. The molecule has 0 saturated heterocycles. The number of urea groups is 8. The fourth-order valence-electron chi connectivity index (χ4n) is 11.1. The molecule has 0 aliphatic heterocycles. The lowest BCUT2D eigenvalue weighted by molar-refractivity contribution is -0.369. The second kappa shape index (κ2) is 45.6. The second-order valence-corrected chi connectivity index (χ2v) is 27.0. The van der Waals surface area contributed by atoms with Gasteiger partial charge in [0.15, 0.2) is 0 Å². The Morgan fingerprint density at radius 3 is 1.04 bits per heavy atom. The number of primary amides is 1. The molecule has 554 valence electrons. The lowest BCUT2D eigenvalue weighted by atomic mass is 10.0. The van der Waals surface area contributed by atoms with Gasteiger partial charge in [0.1, 0.15) is 6.04 Å². The minimum atomic E-state index is -0.843. The highest BCUT2D eigenvalue weighted by atomic mass is 16.2. The van der Waals surface area contributed by atoms with E-state index in [-0.39, 0.29) is 75.8 Å². The van der Waals surface area contributed by atoms with Gasteiger partial charge >= 0.3 is 48.2 Å². The van der Waals surface area contributed by atoms with Crippen LogP contribution in [-0.2, 0) is 17.6 Å². The Hall–Kier alpha value is -8.97. The Morgan fingerprint density at radius 2 is 0.697 bits per heavy atom. The average Bonchev–Trinajstić information content (AvgIpc) is 1.70. The number of hydrogen-bond donors (Lipinski definition) is 22. The molecular formula is C68H121N22O9+3. The zero-order chi connectivity index (χ0) is 72.7. The maximum absolute atomic E-state index is 13.9. The molecule has 2 heterocycles. The number of fused-ring (bicyclic) bond motifs is 2. The Labute approximate surface area is 583 Å². The Morgan fingerprint density at radius 1 is 0.374 bits per heavy atom. The predicted molar refractivity (Wildman–Crippen MR) is 385 cm³/mol. The van der Waals surface area contributed by atoms with Crippen LogP contribution in [0, 0.1) is 17.8 Å². The summed E-state index contributed by atoms with van der Waals surface area (Å²) in [6, 6.07) is 7.22. The number of carbonyl (C=O) groups is 9. The average molecular weight is 1390 g/mol. The van der Waals surface area contributed by atoms with Crippen LogP contribution >= 0.6 is 0 Å². The zero-order valence-corrected chi connectivity index (χ0v) is 59.8. The molecule has 0 aliphatic rings. The molecule has 2 aromatic heterocycles. The number of aromatic nitrogens is 2. The van der Waals surface area contributed by atoms with E-state index >= 15 is 0 Å². The summed E-state index contributed by atoms with van der Waals surface area (Å²) < 4.78 is 0. The normalized spacial score (nSPS) is 13.8. The van der Waals surface area contributed by atoms with Gasteiger partial charge in [0, 0.05) is 104 Å². The van der Waals surface area contributed by atoms with Crippen molar-refractivity contribution in [1.29, 1.82) is 0 Å². The molecule has 8 atom stereocenters. The maximum atomic E-state index is 13.9. The van der Waals surface area contributed by atoms with Crippen LogP contribution in [-0.4, -0.2) is 184 Å². The predicted octanol–water partition coefficient (Wildman–Crippen LogP) is 1.66. The largest absolute Gasteiger partial charge is 0.368 e. The number of rotatable bonds is 45. The third-order valence-electron chi connectivity index (χ3n) is 17.0. The van der Waals surface area contributed by atoms with E-state index in [4.69, 9.17) is 5.73 Å². The molecule has 4 aromatic rings. The van der Waals surface area contributed by atoms with Gasteiger partial charge in [-0.05, 0) is 138 Å². The van der Waals surface area contributed by atoms with Crippen molar-refractivity contribution in [3.05, 3.63) is 72.1 Å². The molecule has 0 aliphatic carbocycles. The number of carbonyl (C=O) groups excluding carboxylic acids is 9. The Bertz CT molecular complexity index is 3090. The van der Waals surface area contributed by atoms with Crippen molar-refractivity contribution < 1.29 is 60.4 Å². The van der Waals surface area contributed by atoms with Crippen LogP contribution in [0.3, 0.4) is 0 Å². The summed E-state index contributed by atoms with van der Waals surface area (Å²) in [4.78, 5) is 126. The van der Waals surface area contributed by atoms with Gasteiger partial charge in [-0.15, -0.1) is 0 Å². The summed E-state index contributed by atoms with van der Waals surface area (Å²) in [6.45, 7) is 18.1. The van der Waals surface area contributed by atoms with Crippen LogP contribution in [0.25, 0.3) is 21.8 Å². The van der Waals surface area contributed by atoms with E-state index in [0.29, 0.717) is 76.9 Å². The first-order chi connectivity index (χ1) is 47.4. The number of nitrogens with one attached hydrogen (secondary N) is 18. The van der Waals surface area contributed by atoms with E-state index in [1.807, 2.05) is 116 Å². The molecule has 31 nitrogen and oxygen atoms in total. The summed E-state index contributed by atoms with van der Waals surface area (Å²) in [6.07, 6.45) is 11.8. The van der Waals surface area contributed by atoms with E-state index in [1.54, 1.807) is 0 Å². The first kappa shape index (κ1) is 82.5. The van der Waals surface area contributed by atoms with Crippen molar-refractivity contribution in [2.75, 3.05) is 65.4 Å². The number of aromatic amines is 2. The van der Waals surface area contributed by atoms with E-state index in [1.165, 1.54) is 0 Å². The SMILES string of the molecule is CC(C)CC[C@H](NC(=O)NC[C@H](CCCC[NH3+])NC(=O)NC[C@H](Cc1c[nH]c2ccccc12)NC(=O)NC[C@H](CCCC[NH3+])NC(=O)NC[C@@H](NC(=O)NC[C@H](Cc1c[nH]c2ccccc12)NC(=O)NC[C@H](CCCC[NH3+])NC(=O)NC[C@@H](NC(=O)NC(C)C)C(C)C)C(C)C)C(N)=O. The summed E-state index contributed by atoms with van der Waals surface area (Å²) in [5.74, 6) is -0.429. The minimum Gasteiger partial charge on any atom is -0.368 e. The van der Waals surface area contributed by atoms with Gasteiger partial charge in [-0.1, -0.05) is 77.9 Å². The number of amides is 17. The molecule has 31 heteroatoms. The molecular weight excluding hydrogens is 1270 g/mol. The van der Waals surface area contributed by atoms with Crippen LogP contribution in [0.15, 0.2) is 60.9 Å². The van der Waals surface area contributed by atoms with Gasteiger partial charge < -0.3 is 118 Å². The van der Waals surface area contributed by atoms with E-state index in [9.17, 15) is 43.2 Å². The lowest BCUT2D eigenvalue weighted by Crippen LogP contribution is -2.56. The number of unbranched alkanes of at least 4 members (excludes halogenated alkanes) is 3. The van der Waals surface area contributed by atoms with E-state index < -0.39 is 90.4 Å². The van der Waals surface area contributed by atoms with Crippen molar-refractivity contribution in [3.63, 3.8) is 0 Å². The molecule has 17 amide bonds. The highest BCUT2D eigenvalue weighted by Gasteiger charge is 2.26. The van der Waals surface area contributed by atoms with Crippen molar-refractivity contribution in [3.8, 4) is 0 Å². The molecule has 0 fully saturated rings. The van der Waals surface area contributed by atoms with Gasteiger partial charge in [-0.2, -0.15) is 0 Å². The first-order valence-electron chi connectivity index (χ1n) is 35.5. The number of para-hydroxylation sites is 2. The molecule has 4 rings (SSSR count). The molecule has 0 spiro atoms. The van der Waals surface area contributed by atoms with Crippen LogP contribution < -0.4 is 108 Å². The molecule has 0 saturated carbocycles. The third kappa shape index (κ3) is 33.4. The van der Waals surface area contributed by atoms with Gasteiger partial charge in [-0.25, -0.2) is 38.4 Å². The third-order valence-corrected chi connectivity index (χ3v) is 17.0. The highest BCUT2D eigenvalue weighted by Crippen LogP contribution is 2.21. The van der Waals surface area contributed by atoms with Crippen molar-refractivity contribution in [2.45, 2.75) is 193 Å². The van der Waals surface area contributed by atoms with Crippen LogP contribution in [0.1, 0.15) is 137 Å².